The van der Waals surface area contributed by atoms with Gasteiger partial charge in [0.1, 0.15) is 6.04 Å². The molecule has 1 N–H and O–H groups in total. The van der Waals surface area contributed by atoms with Crippen LogP contribution in [0.15, 0.2) is 48.5 Å². The lowest BCUT2D eigenvalue weighted by atomic mass is 10.1. The number of amides is 2. The first-order valence-corrected chi connectivity index (χ1v) is 9.82. The summed E-state index contributed by atoms with van der Waals surface area (Å²) in [5.74, 6) is 1.07. The average molecular weight is 399 g/mol. The second-order valence-electron chi connectivity index (χ2n) is 6.77. The van der Waals surface area contributed by atoms with Gasteiger partial charge < -0.3 is 19.7 Å². The molecule has 2 amide bonds. The van der Waals surface area contributed by atoms with Crippen molar-refractivity contribution >= 4 is 11.8 Å². The van der Waals surface area contributed by atoms with Crippen molar-refractivity contribution in [3.8, 4) is 11.5 Å². The van der Waals surface area contributed by atoms with Crippen LogP contribution in [0.1, 0.15) is 31.4 Å². The maximum atomic E-state index is 13.0. The van der Waals surface area contributed by atoms with Crippen LogP contribution >= 0.6 is 0 Å². The second-order valence-corrected chi connectivity index (χ2v) is 6.77. The van der Waals surface area contributed by atoms with E-state index in [2.05, 4.69) is 5.32 Å². The molecule has 1 atom stereocenters. The quantitative estimate of drug-likeness (QED) is 0.667. The Bertz CT molecular complexity index is 808. The number of nitrogens with one attached hydrogen (secondary N) is 1. The Morgan fingerprint density at radius 2 is 1.69 bits per heavy atom. The van der Waals surface area contributed by atoms with Gasteiger partial charge in [-0.05, 0) is 43.5 Å². The van der Waals surface area contributed by atoms with E-state index in [4.69, 9.17) is 9.47 Å². The Labute approximate surface area is 172 Å². The molecule has 156 valence electrons. The Hall–Kier alpha value is -3.02. The predicted molar refractivity (Wildman–Crippen MR) is 113 cm³/mol. The number of carbonyl (C=O) groups excluding carboxylic acids is 2. The van der Waals surface area contributed by atoms with Gasteiger partial charge in [0.2, 0.25) is 11.8 Å². The third kappa shape index (κ3) is 6.24. The molecule has 0 spiro atoms. The lowest BCUT2D eigenvalue weighted by molar-refractivity contribution is -0.140. The van der Waals surface area contributed by atoms with Crippen molar-refractivity contribution in [3.05, 3.63) is 59.7 Å². The van der Waals surface area contributed by atoms with Crippen LogP contribution in [0.2, 0.25) is 0 Å². The van der Waals surface area contributed by atoms with Gasteiger partial charge in [-0.2, -0.15) is 0 Å². The Kier molecular flexibility index (Phi) is 8.52. The predicted octanol–water partition coefficient (Wildman–Crippen LogP) is 3.19. The largest absolute Gasteiger partial charge is 0.493 e. The third-order valence-corrected chi connectivity index (χ3v) is 4.79. The fraction of sp³-hybridized carbons (Fsp3) is 0.391. The molecule has 1 unspecified atom stereocenters. The summed E-state index contributed by atoms with van der Waals surface area (Å²) in [6.07, 6.45) is 0.846. The summed E-state index contributed by atoms with van der Waals surface area (Å²) in [5, 5.41) is 2.80. The molecule has 0 aliphatic carbocycles. The number of nitrogens with zero attached hydrogens (tertiary/aromatic N) is 1. The van der Waals surface area contributed by atoms with Crippen LogP contribution in [0.4, 0.5) is 0 Å². The average Bonchev–Trinajstić information content (AvgIpc) is 2.75. The number of likely N-dealkylation sites (N-methyl/N-ethyl adjacent to an activating group) is 1. The van der Waals surface area contributed by atoms with Crippen LogP contribution in [0.5, 0.6) is 11.5 Å². The minimum atomic E-state index is -0.548. The summed E-state index contributed by atoms with van der Waals surface area (Å²) in [7, 11) is 3.17. The van der Waals surface area contributed by atoms with E-state index in [1.165, 1.54) is 0 Å². The second kappa shape index (κ2) is 11.1. The lowest BCUT2D eigenvalue weighted by Crippen LogP contribution is -2.47. The monoisotopic (exact) mass is 398 g/mol. The van der Waals surface area contributed by atoms with E-state index in [-0.39, 0.29) is 11.8 Å². The normalized spacial score (nSPS) is 11.4. The first-order chi connectivity index (χ1) is 14.0. The third-order valence-electron chi connectivity index (χ3n) is 4.79. The first kappa shape index (κ1) is 22.3. The molecule has 0 aliphatic rings. The summed E-state index contributed by atoms with van der Waals surface area (Å²) >= 11 is 0. The molecule has 0 fully saturated rings. The first-order valence-electron chi connectivity index (χ1n) is 9.82. The number of hydrogen-bond acceptors (Lipinski definition) is 4. The van der Waals surface area contributed by atoms with Crippen molar-refractivity contribution in [1.82, 2.24) is 10.2 Å². The van der Waals surface area contributed by atoms with E-state index in [0.29, 0.717) is 37.4 Å². The van der Waals surface area contributed by atoms with E-state index in [9.17, 15) is 9.59 Å². The van der Waals surface area contributed by atoms with Gasteiger partial charge in [0, 0.05) is 19.5 Å². The molecule has 0 bridgehead atoms. The van der Waals surface area contributed by atoms with E-state index in [0.717, 1.165) is 11.1 Å². The minimum Gasteiger partial charge on any atom is -0.493 e. The van der Waals surface area contributed by atoms with Crippen molar-refractivity contribution in [3.63, 3.8) is 0 Å². The highest BCUT2D eigenvalue weighted by atomic mass is 16.5. The fourth-order valence-electron chi connectivity index (χ4n) is 3.12. The lowest BCUT2D eigenvalue weighted by Gasteiger charge is -2.29. The van der Waals surface area contributed by atoms with E-state index in [1.807, 2.05) is 55.5 Å². The molecular formula is C23H30N2O4. The van der Waals surface area contributed by atoms with Gasteiger partial charge >= 0.3 is 0 Å². The summed E-state index contributed by atoms with van der Waals surface area (Å²) in [5.41, 5.74) is 1.96. The maximum Gasteiger partial charge on any atom is 0.242 e. The van der Waals surface area contributed by atoms with E-state index >= 15 is 0 Å². The van der Waals surface area contributed by atoms with Crippen molar-refractivity contribution in [2.24, 2.45) is 0 Å². The molecule has 2 aromatic rings. The summed E-state index contributed by atoms with van der Waals surface area (Å²) in [6, 6.07) is 14.8. The van der Waals surface area contributed by atoms with E-state index in [1.54, 1.807) is 26.0 Å². The number of hydrogen-bond donors (Lipinski definition) is 1. The van der Waals surface area contributed by atoms with Crippen LogP contribution in [0, 0.1) is 0 Å². The molecule has 0 aliphatic heterocycles. The van der Waals surface area contributed by atoms with Crippen LogP contribution in [-0.2, 0) is 22.6 Å². The van der Waals surface area contributed by atoms with Gasteiger partial charge in [-0.25, -0.2) is 0 Å². The fourth-order valence-corrected chi connectivity index (χ4v) is 3.12. The highest BCUT2D eigenvalue weighted by molar-refractivity contribution is 5.87. The zero-order chi connectivity index (χ0) is 21.2. The van der Waals surface area contributed by atoms with Crippen LogP contribution in [-0.4, -0.2) is 43.5 Å². The van der Waals surface area contributed by atoms with Gasteiger partial charge in [0.05, 0.1) is 14.2 Å². The van der Waals surface area contributed by atoms with E-state index < -0.39 is 6.04 Å². The molecule has 6 heteroatoms. The smallest absolute Gasteiger partial charge is 0.242 e. The number of aryl methyl sites for hydroxylation is 1. The van der Waals surface area contributed by atoms with Gasteiger partial charge in [-0.15, -0.1) is 0 Å². The SMILES string of the molecule is CCNC(=O)C(C)N(Cc1ccccc1)C(=O)CCc1ccc(OC)c(OC)c1. The minimum absolute atomic E-state index is 0.0672. The molecule has 0 saturated heterocycles. The molecule has 0 heterocycles. The zero-order valence-corrected chi connectivity index (χ0v) is 17.6. The maximum absolute atomic E-state index is 13.0. The Morgan fingerprint density at radius 3 is 2.31 bits per heavy atom. The van der Waals surface area contributed by atoms with Gasteiger partial charge in [-0.3, -0.25) is 9.59 Å². The molecule has 2 rings (SSSR count). The van der Waals surface area contributed by atoms with Crippen molar-refractivity contribution in [2.75, 3.05) is 20.8 Å². The topological polar surface area (TPSA) is 67.9 Å². The Morgan fingerprint density at radius 1 is 1.00 bits per heavy atom. The standard InChI is InChI=1S/C23H30N2O4/c1-5-24-23(27)17(2)25(16-19-9-7-6-8-10-19)22(26)14-12-18-11-13-20(28-3)21(15-18)29-4/h6-11,13,15,17H,5,12,14,16H2,1-4H3,(H,24,27). The Balaban J connectivity index is 2.13. The highest BCUT2D eigenvalue weighted by Gasteiger charge is 2.25. The number of rotatable bonds is 10. The number of methoxy groups -OCH3 is 2. The molecule has 0 radical (unpaired) electrons. The number of ether oxygens (including phenoxy) is 2. The van der Waals surface area contributed by atoms with Crippen molar-refractivity contribution in [2.45, 2.75) is 39.3 Å². The molecule has 6 nitrogen and oxygen atoms in total. The van der Waals surface area contributed by atoms with Gasteiger partial charge in [0.25, 0.3) is 0 Å². The molecule has 29 heavy (non-hydrogen) atoms. The van der Waals surface area contributed by atoms with Crippen LogP contribution in [0.3, 0.4) is 0 Å². The molecule has 0 saturated carbocycles. The number of benzene rings is 2. The van der Waals surface area contributed by atoms with Gasteiger partial charge in [0.15, 0.2) is 11.5 Å². The molecule has 2 aromatic carbocycles. The van der Waals surface area contributed by atoms with Crippen molar-refractivity contribution in [1.29, 1.82) is 0 Å². The summed E-state index contributed by atoms with van der Waals surface area (Å²) in [4.78, 5) is 27.1. The van der Waals surface area contributed by atoms with Crippen LogP contribution < -0.4 is 14.8 Å². The molecule has 0 aromatic heterocycles. The van der Waals surface area contributed by atoms with Gasteiger partial charge in [-0.1, -0.05) is 36.4 Å². The highest BCUT2D eigenvalue weighted by Crippen LogP contribution is 2.28. The van der Waals surface area contributed by atoms with Crippen molar-refractivity contribution < 1.29 is 19.1 Å². The molecular weight excluding hydrogens is 368 g/mol. The van der Waals surface area contributed by atoms with Crippen LogP contribution in [0.25, 0.3) is 0 Å². The zero-order valence-electron chi connectivity index (χ0n) is 17.6. The number of carbonyl (C=O) groups is 2. The summed E-state index contributed by atoms with van der Waals surface area (Å²) in [6.45, 7) is 4.55. The summed E-state index contributed by atoms with van der Waals surface area (Å²) < 4.78 is 10.6.